The summed E-state index contributed by atoms with van der Waals surface area (Å²) in [4.78, 5) is 0. The second-order valence-corrected chi connectivity index (χ2v) is 6.61. The Morgan fingerprint density at radius 1 is 1.40 bits per heavy atom. The van der Waals surface area contributed by atoms with Gasteiger partial charge in [0.25, 0.3) is 0 Å². The van der Waals surface area contributed by atoms with Crippen molar-refractivity contribution in [3.63, 3.8) is 0 Å². The van der Waals surface area contributed by atoms with Gasteiger partial charge in [0.1, 0.15) is 6.10 Å². The Hall–Kier alpha value is -0.610. The molecule has 1 fully saturated rings. The van der Waals surface area contributed by atoms with E-state index < -0.39 is 0 Å². The molecule has 3 atom stereocenters. The molecule has 2 N–H and O–H groups in total. The van der Waals surface area contributed by atoms with Crippen molar-refractivity contribution in [3.8, 4) is 5.75 Å². The number of ether oxygens (including phenoxy) is 1. The Bertz CT molecular complexity index is 440. The molecule has 0 spiro atoms. The zero-order valence-corrected chi connectivity index (χ0v) is 13.5. The minimum absolute atomic E-state index is 0.0426. The molecule has 1 aromatic carbocycles. The molecule has 1 saturated carbocycles. The highest BCUT2D eigenvalue weighted by atomic mass is 79.9. The molecule has 1 aliphatic rings. The molecule has 0 heterocycles. The second-order valence-electron chi connectivity index (χ2n) is 5.69. The van der Waals surface area contributed by atoms with Gasteiger partial charge >= 0.3 is 0 Å². The van der Waals surface area contributed by atoms with Gasteiger partial charge in [-0.2, -0.15) is 0 Å². The monoisotopic (exact) mass is 343 g/mol. The molecule has 0 bridgehead atoms. The fourth-order valence-corrected chi connectivity index (χ4v) is 3.43. The molecule has 0 aromatic heterocycles. The van der Waals surface area contributed by atoms with E-state index in [4.69, 9.17) is 10.5 Å². The van der Waals surface area contributed by atoms with Crippen molar-refractivity contribution in [1.82, 2.24) is 0 Å². The minimum Gasteiger partial charge on any atom is -0.487 e. The summed E-state index contributed by atoms with van der Waals surface area (Å²) >= 11 is 3.26. The van der Waals surface area contributed by atoms with Gasteiger partial charge in [0.05, 0.1) is 0 Å². The highest BCUT2D eigenvalue weighted by Crippen LogP contribution is 2.35. The molecule has 3 unspecified atom stereocenters. The Kier molecular flexibility index (Phi) is 5.85. The zero-order valence-electron chi connectivity index (χ0n) is 11.9. The van der Waals surface area contributed by atoms with Crippen molar-refractivity contribution in [2.24, 2.45) is 17.6 Å². The van der Waals surface area contributed by atoms with Gasteiger partial charge in [-0.1, -0.05) is 35.7 Å². The second kappa shape index (κ2) is 7.41. The average Bonchev–Trinajstić information content (AvgIpc) is 2.43. The van der Waals surface area contributed by atoms with Gasteiger partial charge in [-0.3, -0.25) is 0 Å². The summed E-state index contributed by atoms with van der Waals surface area (Å²) in [6.07, 6.45) is 5.76. The molecule has 1 aliphatic carbocycles. The van der Waals surface area contributed by atoms with Crippen LogP contribution in [-0.2, 0) is 0 Å². The topological polar surface area (TPSA) is 35.2 Å². The van der Waals surface area contributed by atoms with Crippen LogP contribution in [0.15, 0.2) is 22.7 Å². The lowest BCUT2D eigenvalue weighted by atomic mass is 9.78. The Labute approximate surface area is 129 Å². The molecular formula is C16H23BrFNO. The van der Waals surface area contributed by atoms with Gasteiger partial charge in [-0.15, -0.1) is 0 Å². The number of hydrogen-bond donors (Lipinski definition) is 1. The normalized spacial score (nSPS) is 26.5. The van der Waals surface area contributed by atoms with Gasteiger partial charge in [-0.05, 0) is 49.9 Å². The summed E-state index contributed by atoms with van der Waals surface area (Å²) in [6.45, 7) is 2.82. The molecule has 2 rings (SSSR count). The van der Waals surface area contributed by atoms with Crippen LogP contribution in [-0.4, -0.2) is 12.6 Å². The number of hydrogen-bond acceptors (Lipinski definition) is 2. The third-order valence-electron chi connectivity index (χ3n) is 4.21. The Morgan fingerprint density at radius 2 is 2.20 bits per heavy atom. The maximum absolute atomic E-state index is 13.9. The highest BCUT2D eigenvalue weighted by molar-refractivity contribution is 9.10. The number of benzene rings is 1. The first-order chi connectivity index (χ1) is 9.63. The van der Waals surface area contributed by atoms with Gasteiger partial charge in [-0.25, -0.2) is 4.39 Å². The van der Waals surface area contributed by atoms with E-state index >= 15 is 0 Å². The van der Waals surface area contributed by atoms with E-state index in [2.05, 4.69) is 22.9 Å². The summed E-state index contributed by atoms with van der Waals surface area (Å²) in [6, 6.07) is 4.94. The van der Waals surface area contributed by atoms with Crippen LogP contribution in [0.1, 0.15) is 39.0 Å². The summed E-state index contributed by atoms with van der Waals surface area (Å²) < 4.78 is 20.6. The van der Waals surface area contributed by atoms with Gasteiger partial charge in [0.2, 0.25) is 0 Å². The molecule has 0 saturated heterocycles. The molecule has 2 nitrogen and oxygen atoms in total. The summed E-state index contributed by atoms with van der Waals surface area (Å²) in [7, 11) is 0. The first kappa shape index (κ1) is 15.8. The molecule has 0 radical (unpaired) electrons. The first-order valence-corrected chi connectivity index (χ1v) is 8.25. The highest BCUT2D eigenvalue weighted by Gasteiger charge is 2.31. The summed E-state index contributed by atoms with van der Waals surface area (Å²) in [5.74, 6) is 1.05. The van der Waals surface area contributed by atoms with Gasteiger partial charge in [0.15, 0.2) is 11.6 Å². The lowest BCUT2D eigenvalue weighted by Crippen LogP contribution is -2.38. The molecule has 20 heavy (non-hydrogen) atoms. The fourth-order valence-electron chi connectivity index (χ4n) is 3.09. The first-order valence-electron chi connectivity index (χ1n) is 7.45. The van der Waals surface area contributed by atoms with Crippen LogP contribution in [0.3, 0.4) is 0 Å². The van der Waals surface area contributed by atoms with Crippen molar-refractivity contribution in [2.45, 2.75) is 45.1 Å². The number of halogens is 2. The van der Waals surface area contributed by atoms with E-state index in [1.165, 1.54) is 25.3 Å². The van der Waals surface area contributed by atoms with Crippen LogP contribution in [0.2, 0.25) is 0 Å². The molecule has 4 heteroatoms. The molecule has 0 amide bonds. The van der Waals surface area contributed by atoms with Crippen LogP contribution in [0, 0.1) is 17.7 Å². The van der Waals surface area contributed by atoms with Crippen molar-refractivity contribution >= 4 is 15.9 Å². The lowest BCUT2D eigenvalue weighted by molar-refractivity contribution is 0.0635. The standard InChI is InChI=1S/C16H23BrFNO/c1-2-3-11-4-5-12(10-19)16(8-11)20-15-7-6-13(17)9-14(15)18/h6-7,9,11-12,16H,2-5,8,10,19H2,1H3. The van der Waals surface area contributed by atoms with E-state index in [1.54, 1.807) is 6.07 Å². The molecule has 1 aromatic rings. The minimum atomic E-state index is -0.312. The Balaban J connectivity index is 2.07. The van der Waals surface area contributed by atoms with Gasteiger partial charge < -0.3 is 10.5 Å². The van der Waals surface area contributed by atoms with Crippen LogP contribution >= 0.6 is 15.9 Å². The smallest absolute Gasteiger partial charge is 0.166 e. The third-order valence-corrected chi connectivity index (χ3v) is 4.70. The quantitative estimate of drug-likeness (QED) is 0.853. The SMILES string of the molecule is CCCC1CCC(CN)C(Oc2ccc(Br)cc2F)C1. The number of nitrogens with two attached hydrogens (primary N) is 1. The predicted octanol–water partition coefficient (Wildman–Crippen LogP) is 4.51. The predicted molar refractivity (Wildman–Crippen MR) is 83.3 cm³/mol. The number of rotatable bonds is 5. The average molecular weight is 344 g/mol. The summed E-state index contributed by atoms with van der Waals surface area (Å²) in [5.41, 5.74) is 5.85. The van der Waals surface area contributed by atoms with Crippen molar-refractivity contribution < 1.29 is 9.13 Å². The van der Waals surface area contributed by atoms with E-state index in [9.17, 15) is 4.39 Å². The van der Waals surface area contributed by atoms with E-state index in [-0.39, 0.29) is 11.9 Å². The van der Waals surface area contributed by atoms with Crippen molar-refractivity contribution in [3.05, 3.63) is 28.5 Å². The zero-order chi connectivity index (χ0) is 14.5. The maximum Gasteiger partial charge on any atom is 0.166 e. The van der Waals surface area contributed by atoms with Crippen molar-refractivity contribution in [2.75, 3.05) is 6.54 Å². The van der Waals surface area contributed by atoms with E-state index in [0.29, 0.717) is 24.1 Å². The van der Waals surface area contributed by atoms with Crippen LogP contribution in [0.5, 0.6) is 5.75 Å². The summed E-state index contributed by atoms with van der Waals surface area (Å²) in [5, 5.41) is 0. The largest absolute Gasteiger partial charge is 0.487 e. The molecule has 112 valence electrons. The molecular weight excluding hydrogens is 321 g/mol. The lowest BCUT2D eigenvalue weighted by Gasteiger charge is -2.35. The molecule has 0 aliphatic heterocycles. The van der Waals surface area contributed by atoms with Gasteiger partial charge in [0, 0.05) is 10.4 Å². The van der Waals surface area contributed by atoms with Crippen LogP contribution in [0.4, 0.5) is 4.39 Å². The van der Waals surface area contributed by atoms with Crippen LogP contribution < -0.4 is 10.5 Å². The van der Waals surface area contributed by atoms with Crippen LogP contribution in [0.25, 0.3) is 0 Å². The third kappa shape index (κ3) is 3.95. The fraction of sp³-hybridized carbons (Fsp3) is 0.625. The Morgan fingerprint density at radius 3 is 2.85 bits per heavy atom. The maximum atomic E-state index is 13.9. The van der Waals surface area contributed by atoms with Crippen molar-refractivity contribution in [1.29, 1.82) is 0 Å². The van der Waals surface area contributed by atoms with E-state index in [0.717, 1.165) is 17.3 Å². The van der Waals surface area contributed by atoms with E-state index in [1.807, 2.05) is 6.07 Å².